The first-order valence-electron chi connectivity index (χ1n) is 5.05. The summed E-state index contributed by atoms with van der Waals surface area (Å²) in [7, 11) is 3.11. The summed E-state index contributed by atoms with van der Waals surface area (Å²) in [5.74, 6) is 0.639. The summed E-state index contributed by atoms with van der Waals surface area (Å²) in [6, 6.07) is 5.54. The lowest BCUT2D eigenvalue weighted by Gasteiger charge is -1.99. The highest BCUT2D eigenvalue weighted by Gasteiger charge is 2.15. The van der Waals surface area contributed by atoms with Crippen molar-refractivity contribution in [2.45, 2.75) is 0 Å². The SMILES string of the molecule is S=c1ssc(-c2cccnn2)c1-c1ncccn1. The fourth-order valence-corrected chi connectivity index (χ4v) is 4.24. The molecule has 0 saturated carbocycles. The molecule has 0 saturated heterocycles. The molecule has 3 heterocycles. The average Bonchev–Trinajstić information content (AvgIpc) is 2.83. The maximum Gasteiger partial charge on any atom is 0.163 e. The van der Waals surface area contributed by atoms with Gasteiger partial charge < -0.3 is 0 Å². The largest absolute Gasteiger partial charge is 0.236 e. The van der Waals surface area contributed by atoms with E-state index in [0.717, 1.165) is 20.0 Å². The Balaban J connectivity index is 2.23. The summed E-state index contributed by atoms with van der Waals surface area (Å²) in [6.45, 7) is 0. The quantitative estimate of drug-likeness (QED) is 0.534. The molecule has 3 aromatic heterocycles. The lowest BCUT2D eigenvalue weighted by Crippen LogP contribution is -1.89. The number of hydrogen-bond acceptors (Lipinski definition) is 7. The van der Waals surface area contributed by atoms with Crippen molar-refractivity contribution in [2.75, 3.05) is 0 Å². The second kappa shape index (κ2) is 4.97. The van der Waals surface area contributed by atoms with Gasteiger partial charge in [0.15, 0.2) is 5.82 Å². The van der Waals surface area contributed by atoms with Gasteiger partial charge in [-0.3, -0.25) is 0 Å². The minimum absolute atomic E-state index is 0.639. The molecule has 88 valence electrons. The van der Waals surface area contributed by atoms with Gasteiger partial charge in [0, 0.05) is 18.6 Å². The summed E-state index contributed by atoms with van der Waals surface area (Å²) in [5, 5.41) is 8.01. The van der Waals surface area contributed by atoms with Gasteiger partial charge in [-0.2, -0.15) is 5.10 Å². The molecule has 0 aliphatic heterocycles. The van der Waals surface area contributed by atoms with Crippen LogP contribution in [0.2, 0.25) is 0 Å². The fourth-order valence-electron chi connectivity index (χ4n) is 1.47. The van der Waals surface area contributed by atoms with Crippen LogP contribution in [-0.2, 0) is 0 Å². The van der Waals surface area contributed by atoms with Crippen LogP contribution in [0.25, 0.3) is 22.0 Å². The molecule has 0 atom stereocenters. The van der Waals surface area contributed by atoms with Crippen LogP contribution < -0.4 is 0 Å². The molecule has 18 heavy (non-hydrogen) atoms. The zero-order valence-corrected chi connectivity index (χ0v) is 11.4. The highest BCUT2D eigenvalue weighted by molar-refractivity contribution is 7.80. The summed E-state index contributed by atoms with van der Waals surface area (Å²) >= 11 is 5.36. The second-order valence-electron chi connectivity index (χ2n) is 3.34. The first kappa shape index (κ1) is 11.5. The van der Waals surface area contributed by atoms with Gasteiger partial charge in [0.1, 0.15) is 9.52 Å². The van der Waals surface area contributed by atoms with E-state index in [-0.39, 0.29) is 0 Å². The molecule has 0 fully saturated rings. The lowest BCUT2D eigenvalue weighted by molar-refractivity contribution is 1.04. The molecule has 3 rings (SSSR count). The summed E-state index contributed by atoms with van der Waals surface area (Å²) in [4.78, 5) is 9.49. The summed E-state index contributed by atoms with van der Waals surface area (Å²) < 4.78 is 0.784. The van der Waals surface area contributed by atoms with Crippen molar-refractivity contribution >= 4 is 32.9 Å². The zero-order chi connectivity index (χ0) is 12.4. The third kappa shape index (κ3) is 2.07. The van der Waals surface area contributed by atoms with Gasteiger partial charge in [0.2, 0.25) is 0 Å². The third-order valence-corrected chi connectivity index (χ3v) is 5.27. The Labute approximate surface area is 115 Å². The second-order valence-corrected chi connectivity index (χ2v) is 6.16. The highest BCUT2D eigenvalue weighted by Crippen LogP contribution is 2.38. The van der Waals surface area contributed by atoms with E-state index in [1.165, 1.54) is 10.3 Å². The van der Waals surface area contributed by atoms with Crippen molar-refractivity contribution in [1.82, 2.24) is 20.2 Å². The Morgan fingerprint density at radius 1 is 1.00 bits per heavy atom. The van der Waals surface area contributed by atoms with E-state index in [1.807, 2.05) is 12.1 Å². The molecule has 3 aromatic rings. The smallest absolute Gasteiger partial charge is 0.163 e. The number of hydrogen-bond donors (Lipinski definition) is 0. The Hall–Kier alpha value is -1.57. The van der Waals surface area contributed by atoms with Crippen molar-refractivity contribution < 1.29 is 0 Å². The summed E-state index contributed by atoms with van der Waals surface area (Å²) in [5.41, 5.74) is 1.68. The molecule has 0 aromatic carbocycles. The molecule has 4 nitrogen and oxygen atoms in total. The monoisotopic (exact) mass is 290 g/mol. The van der Waals surface area contributed by atoms with Crippen LogP contribution in [0, 0.1) is 3.82 Å². The normalized spacial score (nSPS) is 10.4. The van der Waals surface area contributed by atoms with E-state index in [4.69, 9.17) is 12.2 Å². The Morgan fingerprint density at radius 2 is 1.83 bits per heavy atom. The maximum absolute atomic E-state index is 5.36. The molecule has 0 amide bonds. The van der Waals surface area contributed by atoms with Crippen molar-refractivity contribution in [2.24, 2.45) is 0 Å². The van der Waals surface area contributed by atoms with E-state index in [2.05, 4.69) is 20.2 Å². The Morgan fingerprint density at radius 3 is 2.56 bits per heavy atom. The molecular weight excluding hydrogens is 284 g/mol. The Bertz CT molecular complexity index is 706. The van der Waals surface area contributed by atoms with E-state index < -0.39 is 0 Å². The molecule has 0 N–H and O–H groups in total. The first-order chi connectivity index (χ1) is 8.86. The minimum Gasteiger partial charge on any atom is -0.236 e. The van der Waals surface area contributed by atoms with Crippen LogP contribution >= 0.6 is 32.9 Å². The van der Waals surface area contributed by atoms with Crippen LogP contribution in [0.15, 0.2) is 36.8 Å². The van der Waals surface area contributed by atoms with Crippen LogP contribution in [0.3, 0.4) is 0 Å². The molecule has 0 radical (unpaired) electrons. The third-order valence-electron chi connectivity index (χ3n) is 2.23. The van der Waals surface area contributed by atoms with Gasteiger partial charge in [-0.15, -0.1) is 5.10 Å². The number of aromatic nitrogens is 4. The van der Waals surface area contributed by atoms with E-state index in [9.17, 15) is 0 Å². The number of nitrogens with zero attached hydrogens (tertiary/aromatic N) is 4. The predicted octanol–water partition coefficient (Wildman–Crippen LogP) is 3.45. The Kier molecular flexibility index (Phi) is 3.18. The van der Waals surface area contributed by atoms with Crippen molar-refractivity contribution in [3.05, 3.63) is 40.6 Å². The predicted molar refractivity (Wildman–Crippen MR) is 75.1 cm³/mol. The van der Waals surface area contributed by atoms with Gasteiger partial charge in [-0.25, -0.2) is 9.97 Å². The van der Waals surface area contributed by atoms with E-state index in [1.54, 1.807) is 35.0 Å². The minimum atomic E-state index is 0.639. The standard InChI is InChI=1S/C11H6N4S3/c16-11-8(10-12-4-2-5-13-10)9(17-18-11)7-3-1-6-14-15-7/h1-6H. The molecule has 0 aliphatic rings. The van der Waals surface area contributed by atoms with Crippen LogP contribution in [0.5, 0.6) is 0 Å². The molecular formula is C11H6N4S3. The van der Waals surface area contributed by atoms with Gasteiger partial charge in [0.25, 0.3) is 0 Å². The molecule has 0 unspecified atom stereocenters. The topological polar surface area (TPSA) is 51.6 Å². The number of rotatable bonds is 2. The van der Waals surface area contributed by atoms with E-state index in [0.29, 0.717) is 5.82 Å². The zero-order valence-electron chi connectivity index (χ0n) is 8.98. The van der Waals surface area contributed by atoms with Gasteiger partial charge in [-0.05, 0) is 18.2 Å². The van der Waals surface area contributed by atoms with Crippen molar-refractivity contribution in [3.63, 3.8) is 0 Å². The van der Waals surface area contributed by atoms with Gasteiger partial charge in [-0.1, -0.05) is 32.9 Å². The lowest BCUT2D eigenvalue weighted by atomic mass is 10.2. The van der Waals surface area contributed by atoms with Crippen molar-refractivity contribution in [1.29, 1.82) is 0 Å². The fraction of sp³-hybridized carbons (Fsp3) is 0. The maximum atomic E-state index is 5.36. The van der Waals surface area contributed by atoms with Crippen LogP contribution in [0.4, 0.5) is 0 Å². The summed E-state index contributed by atoms with van der Waals surface area (Å²) in [6.07, 6.45) is 5.06. The molecule has 0 bridgehead atoms. The first-order valence-corrected chi connectivity index (χ1v) is 7.60. The molecule has 0 aliphatic carbocycles. The average molecular weight is 290 g/mol. The van der Waals surface area contributed by atoms with Gasteiger partial charge >= 0.3 is 0 Å². The highest BCUT2D eigenvalue weighted by atomic mass is 32.9. The van der Waals surface area contributed by atoms with Gasteiger partial charge in [0.05, 0.1) is 10.4 Å². The van der Waals surface area contributed by atoms with Crippen molar-refractivity contribution in [3.8, 4) is 22.0 Å². The van der Waals surface area contributed by atoms with E-state index >= 15 is 0 Å². The van der Waals surface area contributed by atoms with Crippen LogP contribution in [-0.4, -0.2) is 20.2 Å². The molecule has 7 heteroatoms. The molecule has 0 spiro atoms. The van der Waals surface area contributed by atoms with Crippen LogP contribution in [0.1, 0.15) is 0 Å².